The summed E-state index contributed by atoms with van der Waals surface area (Å²) >= 11 is 1.61. The maximum absolute atomic E-state index is 5.87. The molecule has 29 heavy (non-hydrogen) atoms. The Morgan fingerprint density at radius 3 is 2.93 bits per heavy atom. The first-order valence-electron chi connectivity index (χ1n) is 9.71. The highest BCUT2D eigenvalue weighted by atomic mass is 32.1. The van der Waals surface area contributed by atoms with E-state index in [4.69, 9.17) is 14.7 Å². The largest absolute Gasteiger partial charge is 0.485 e. The number of ether oxygens (including phenoxy) is 1. The molecule has 4 aromatic rings. The second kappa shape index (κ2) is 7.36. The van der Waals surface area contributed by atoms with Gasteiger partial charge in [-0.3, -0.25) is 0 Å². The normalized spacial score (nSPS) is 13.0. The molecule has 4 heterocycles. The number of benzene rings is 1. The molecule has 3 N–H and O–H groups in total. The molecular weight excluding hydrogens is 384 g/mol. The number of nitrogens with zero attached hydrogens (tertiary/aromatic N) is 3. The summed E-state index contributed by atoms with van der Waals surface area (Å²) in [5.41, 5.74) is 3.39. The summed E-state index contributed by atoms with van der Waals surface area (Å²) in [5, 5.41) is 9.07. The zero-order chi connectivity index (χ0) is 19.8. The van der Waals surface area contributed by atoms with Gasteiger partial charge in [-0.25, -0.2) is 15.0 Å². The molecule has 0 bridgehead atoms. The molecule has 7 nitrogen and oxygen atoms in total. The van der Waals surface area contributed by atoms with Gasteiger partial charge in [0.05, 0.1) is 22.1 Å². The number of thiazole rings is 1. The number of H-pyrrole nitrogens is 1. The fourth-order valence-electron chi connectivity index (χ4n) is 3.64. The van der Waals surface area contributed by atoms with Crippen LogP contribution in [0.3, 0.4) is 0 Å². The van der Waals surface area contributed by atoms with Crippen molar-refractivity contribution in [2.24, 2.45) is 0 Å². The molecule has 8 heteroatoms. The van der Waals surface area contributed by atoms with Gasteiger partial charge in [0, 0.05) is 23.6 Å². The summed E-state index contributed by atoms with van der Waals surface area (Å²) < 4.78 is 5.87. The van der Waals surface area contributed by atoms with Gasteiger partial charge >= 0.3 is 0 Å². The van der Waals surface area contributed by atoms with Crippen molar-refractivity contribution in [3.05, 3.63) is 46.7 Å². The molecule has 0 radical (unpaired) electrons. The highest BCUT2D eigenvalue weighted by Crippen LogP contribution is 2.37. The summed E-state index contributed by atoms with van der Waals surface area (Å²) in [4.78, 5) is 18.3. The minimum Gasteiger partial charge on any atom is -0.485 e. The van der Waals surface area contributed by atoms with Crippen molar-refractivity contribution in [3.63, 3.8) is 0 Å². The van der Waals surface area contributed by atoms with Gasteiger partial charge in [-0.1, -0.05) is 18.2 Å². The van der Waals surface area contributed by atoms with Gasteiger partial charge < -0.3 is 20.4 Å². The number of para-hydroxylation sites is 1. The van der Waals surface area contributed by atoms with E-state index in [9.17, 15) is 0 Å². The first-order chi connectivity index (χ1) is 14.2. The summed E-state index contributed by atoms with van der Waals surface area (Å²) in [7, 11) is 0. The Labute approximate surface area is 172 Å². The molecule has 0 amide bonds. The van der Waals surface area contributed by atoms with Crippen molar-refractivity contribution < 1.29 is 4.74 Å². The minimum absolute atomic E-state index is 0.603. The summed E-state index contributed by atoms with van der Waals surface area (Å²) in [6, 6.07) is 8.36. The zero-order valence-corrected chi connectivity index (χ0v) is 17.2. The molecule has 0 fully saturated rings. The fourth-order valence-corrected chi connectivity index (χ4v) is 4.50. The Hall–Kier alpha value is -3.13. The summed E-state index contributed by atoms with van der Waals surface area (Å²) in [6.07, 6.45) is 2.96. The number of fused-ring (bicyclic) bond motifs is 2. The molecule has 0 aliphatic carbocycles. The van der Waals surface area contributed by atoms with Crippen molar-refractivity contribution in [3.8, 4) is 16.5 Å². The van der Waals surface area contributed by atoms with E-state index in [0.717, 1.165) is 52.2 Å². The third-order valence-corrected chi connectivity index (χ3v) is 6.04. The van der Waals surface area contributed by atoms with Crippen LogP contribution in [0.25, 0.3) is 21.6 Å². The Kier molecular flexibility index (Phi) is 4.55. The molecule has 0 atom stereocenters. The Morgan fingerprint density at radius 1 is 1.17 bits per heavy atom. The van der Waals surface area contributed by atoms with Crippen LogP contribution in [0, 0.1) is 13.8 Å². The average Bonchev–Trinajstić information content (AvgIpc) is 3.30. The average molecular weight is 407 g/mol. The number of hydrogen-bond donors (Lipinski definition) is 3. The molecule has 0 saturated heterocycles. The van der Waals surface area contributed by atoms with E-state index >= 15 is 0 Å². The summed E-state index contributed by atoms with van der Waals surface area (Å²) in [5.74, 6) is 2.83. The van der Waals surface area contributed by atoms with E-state index < -0.39 is 0 Å². The first-order valence-corrected chi connectivity index (χ1v) is 10.5. The molecule has 1 aromatic carbocycles. The van der Waals surface area contributed by atoms with Crippen LogP contribution in [-0.4, -0.2) is 39.6 Å². The number of aromatic amines is 1. The molecule has 148 valence electrons. The highest BCUT2D eigenvalue weighted by Gasteiger charge is 2.21. The molecular formula is C21H22N6OS. The maximum atomic E-state index is 5.87. The van der Waals surface area contributed by atoms with E-state index in [0.29, 0.717) is 18.2 Å². The van der Waals surface area contributed by atoms with E-state index in [1.807, 2.05) is 19.9 Å². The van der Waals surface area contributed by atoms with Crippen LogP contribution in [0.5, 0.6) is 5.75 Å². The van der Waals surface area contributed by atoms with Crippen molar-refractivity contribution >= 4 is 33.9 Å². The molecule has 0 spiro atoms. The van der Waals surface area contributed by atoms with Crippen LogP contribution in [-0.2, 0) is 6.42 Å². The van der Waals surface area contributed by atoms with Gasteiger partial charge in [-0.05, 0) is 31.9 Å². The lowest BCUT2D eigenvalue weighted by Crippen LogP contribution is -2.21. The molecule has 3 aromatic heterocycles. The van der Waals surface area contributed by atoms with E-state index in [1.165, 1.54) is 10.9 Å². The third-order valence-electron chi connectivity index (χ3n) is 4.97. The number of anilines is 2. The number of aryl methyl sites for hydroxylation is 2. The van der Waals surface area contributed by atoms with Gasteiger partial charge in [0.2, 0.25) is 5.75 Å². The van der Waals surface area contributed by atoms with Crippen molar-refractivity contribution in [2.75, 3.05) is 30.3 Å². The van der Waals surface area contributed by atoms with Crippen LogP contribution in [0.15, 0.2) is 30.5 Å². The highest BCUT2D eigenvalue weighted by molar-refractivity contribution is 7.15. The lowest BCUT2D eigenvalue weighted by atomic mass is 10.1. The van der Waals surface area contributed by atoms with Gasteiger partial charge in [-0.2, -0.15) is 0 Å². The van der Waals surface area contributed by atoms with Gasteiger partial charge in [0.15, 0.2) is 17.5 Å². The third kappa shape index (κ3) is 3.40. The zero-order valence-electron chi connectivity index (χ0n) is 16.4. The predicted octanol–water partition coefficient (Wildman–Crippen LogP) is 4.16. The van der Waals surface area contributed by atoms with Gasteiger partial charge in [0.25, 0.3) is 0 Å². The van der Waals surface area contributed by atoms with E-state index in [1.54, 1.807) is 11.3 Å². The fraction of sp³-hybridized carbons (Fsp3) is 0.286. The predicted molar refractivity (Wildman–Crippen MR) is 117 cm³/mol. The lowest BCUT2D eigenvalue weighted by Gasteiger charge is -2.21. The van der Waals surface area contributed by atoms with Crippen molar-refractivity contribution in [2.45, 2.75) is 20.3 Å². The summed E-state index contributed by atoms with van der Waals surface area (Å²) in [6.45, 7) is 6.08. The minimum atomic E-state index is 0.603. The number of hydrogen-bond acceptors (Lipinski definition) is 7. The first kappa shape index (κ1) is 17.9. The maximum Gasteiger partial charge on any atom is 0.204 e. The standard InChI is InChI=1S/C21H22N6OS/c1-12-18(29-13(2)25-12)21-26-19(17-20(27-21)23-9-10-28-17)22-8-7-14-11-24-16-6-4-3-5-15(14)16/h3-6,11,24H,7-10H2,1-2H3,(H2,22,23,26,27). The second-order valence-electron chi connectivity index (χ2n) is 7.03. The Balaban J connectivity index is 1.42. The Morgan fingerprint density at radius 2 is 2.07 bits per heavy atom. The van der Waals surface area contributed by atoms with Crippen LogP contribution in [0.2, 0.25) is 0 Å². The molecule has 1 aliphatic heterocycles. The number of nitrogens with one attached hydrogen (secondary N) is 3. The topological polar surface area (TPSA) is 87.8 Å². The number of aromatic nitrogens is 4. The van der Waals surface area contributed by atoms with E-state index in [2.05, 4.69) is 45.0 Å². The SMILES string of the molecule is Cc1nc(C)c(-c2nc3c(c(NCCc4c[nH]c5ccccc45)n2)OCCN3)s1. The van der Waals surface area contributed by atoms with Crippen LogP contribution in [0.1, 0.15) is 16.3 Å². The van der Waals surface area contributed by atoms with Crippen molar-refractivity contribution in [1.29, 1.82) is 0 Å². The van der Waals surface area contributed by atoms with Gasteiger partial charge in [-0.15, -0.1) is 11.3 Å². The van der Waals surface area contributed by atoms with Crippen LogP contribution >= 0.6 is 11.3 Å². The van der Waals surface area contributed by atoms with Crippen LogP contribution in [0.4, 0.5) is 11.6 Å². The molecule has 1 aliphatic rings. The number of rotatable bonds is 5. The van der Waals surface area contributed by atoms with Gasteiger partial charge in [0.1, 0.15) is 6.61 Å². The van der Waals surface area contributed by atoms with Crippen LogP contribution < -0.4 is 15.4 Å². The van der Waals surface area contributed by atoms with E-state index in [-0.39, 0.29) is 0 Å². The Bertz CT molecular complexity index is 1180. The quantitative estimate of drug-likeness (QED) is 0.461. The lowest BCUT2D eigenvalue weighted by molar-refractivity contribution is 0.321. The molecule has 5 rings (SSSR count). The molecule has 0 unspecified atom stereocenters. The van der Waals surface area contributed by atoms with Crippen molar-refractivity contribution in [1.82, 2.24) is 19.9 Å². The second-order valence-corrected chi connectivity index (χ2v) is 8.24. The monoisotopic (exact) mass is 406 g/mol. The molecule has 0 saturated carbocycles. The smallest absolute Gasteiger partial charge is 0.204 e.